The van der Waals surface area contributed by atoms with Crippen LogP contribution in [0.2, 0.25) is 0 Å². The van der Waals surface area contributed by atoms with Gasteiger partial charge in [-0.15, -0.1) is 0 Å². The molecular weight excluding hydrogens is 344 g/mol. The summed E-state index contributed by atoms with van der Waals surface area (Å²) in [5.74, 6) is 0.852. The van der Waals surface area contributed by atoms with Gasteiger partial charge in [0.05, 0.1) is 5.71 Å². The quantitative estimate of drug-likeness (QED) is 0.875. The molecule has 0 bridgehead atoms. The van der Waals surface area contributed by atoms with Crippen LogP contribution in [0.3, 0.4) is 0 Å². The SMILES string of the molecule is CC(C)C1=CC(=O)NC2=CC(=NC(=O)C3COc4ccccc4O3)C=CC21. The summed E-state index contributed by atoms with van der Waals surface area (Å²) in [6.45, 7) is 4.23. The molecule has 3 aliphatic rings. The topological polar surface area (TPSA) is 77.0 Å². The first kappa shape index (κ1) is 17.3. The number of aliphatic imine (C=N–C) groups is 1. The van der Waals surface area contributed by atoms with Gasteiger partial charge in [-0.3, -0.25) is 9.59 Å². The number of amides is 2. The summed E-state index contributed by atoms with van der Waals surface area (Å²) in [7, 11) is 0. The van der Waals surface area contributed by atoms with Gasteiger partial charge in [-0.05, 0) is 35.8 Å². The fraction of sp³-hybridized carbons (Fsp3) is 0.286. The molecule has 1 N–H and O–H groups in total. The number of benzene rings is 1. The summed E-state index contributed by atoms with van der Waals surface area (Å²) in [5, 5.41) is 2.85. The van der Waals surface area contributed by atoms with Crippen LogP contribution in [0.5, 0.6) is 11.5 Å². The molecule has 0 spiro atoms. The second kappa shape index (κ2) is 6.87. The van der Waals surface area contributed by atoms with Crippen molar-refractivity contribution in [3.63, 3.8) is 0 Å². The summed E-state index contributed by atoms with van der Waals surface area (Å²) >= 11 is 0. The molecule has 4 rings (SSSR count). The number of allylic oxidation sites excluding steroid dienone is 3. The van der Waals surface area contributed by atoms with Crippen LogP contribution in [-0.2, 0) is 9.59 Å². The Kier molecular flexibility index (Phi) is 4.39. The van der Waals surface area contributed by atoms with E-state index < -0.39 is 12.0 Å². The molecule has 2 amide bonds. The lowest BCUT2D eigenvalue weighted by Gasteiger charge is -2.29. The molecule has 0 saturated heterocycles. The fourth-order valence-corrected chi connectivity index (χ4v) is 3.36. The molecule has 6 nitrogen and oxygen atoms in total. The molecule has 1 aromatic rings. The summed E-state index contributed by atoms with van der Waals surface area (Å²) < 4.78 is 11.3. The maximum atomic E-state index is 12.5. The Balaban J connectivity index is 1.53. The molecule has 1 aromatic carbocycles. The smallest absolute Gasteiger partial charge is 0.290 e. The van der Waals surface area contributed by atoms with E-state index >= 15 is 0 Å². The van der Waals surface area contributed by atoms with E-state index in [-0.39, 0.29) is 24.3 Å². The highest BCUT2D eigenvalue weighted by Crippen LogP contribution is 2.33. The standard InChI is InChI=1S/C21H20N2O4/c1-12(2)15-10-20(24)23-16-9-13(7-8-14(15)16)22-21(25)19-11-26-17-5-3-4-6-18(17)27-19/h3-10,12,14,19H,11H2,1-2H3,(H,23,24). The predicted octanol–water partition coefficient (Wildman–Crippen LogP) is 2.58. The number of para-hydroxylation sites is 2. The van der Waals surface area contributed by atoms with Gasteiger partial charge in [0, 0.05) is 17.7 Å². The lowest BCUT2D eigenvalue weighted by molar-refractivity contribution is -0.126. The second-order valence-corrected chi connectivity index (χ2v) is 6.96. The van der Waals surface area contributed by atoms with Gasteiger partial charge >= 0.3 is 0 Å². The number of fused-ring (bicyclic) bond motifs is 2. The van der Waals surface area contributed by atoms with Crippen LogP contribution in [-0.4, -0.2) is 30.2 Å². The summed E-state index contributed by atoms with van der Waals surface area (Å²) in [5.41, 5.74) is 2.28. The van der Waals surface area contributed by atoms with E-state index in [4.69, 9.17) is 9.47 Å². The van der Waals surface area contributed by atoms with Gasteiger partial charge in [-0.1, -0.05) is 32.1 Å². The van der Waals surface area contributed by atoms with Crippen LogP contribution in [0.15, 0.2) is 64.8 Å². The zero-order valence-corrected chi connectivity index (χ0v) is 15.1. The molecular formula is C21H20N2O4. The first-order valence-corrected chi connectivity index (χ1v) is 8.94. The summed E-state index contributed by atoms with van der Waals surface area (Å²) in [6.07, 6.45) is 6.36. The number of carbonyl (C=O) groups excluding carboxylic acids is 2. The monoisotopic (exact) mass is 364 g/mol. The van der Waals surface area contributed by atoms with Crippen molar-refractivity contribution >= 4 is 17.5 Å². The Hall–Kier alpha value is -3.15. The Morgan fingerprint density at radius 3 is 2.78 bits per heavy atom. The lowest BCUT2D eigenvalue weighted by atomic mass is 9.82. The highest BCUT2D eigenvalue weighted by Gasteiger charge is 2.30. The van der Waals surface area contributed by atoms with E-state index in [9.17, 15) is 9.59 Å². The van der Waals surface area contributed by atoms with Crippen LogP contribution in [0.1, 0.15) is 13.8 Å². The number of hydrogen-bond donors (Lipinski definition) is 1. The van der Waals surface area contributed by atoms with Crippen molar-refractivity contribution in [2.75, 3.05) is 6.61 Å². The molecule has 0 aromatic heterocycles. The van der Waals surface area contributed by atoms with Crippen molar-refractivity contribution in [1.29, 1.82) is 0 Å². The van der Waals surface area contributed by atoms with Crippen LogP contribution in [0.4, 0.5) is 0 Å². The van der Waals surface area contributed by atoms with E-state index in [1.807, 2.05) is 18.2 Å². The van der Waals surface area contributed by atoms with Gasteiger partial charge in [-0.25, -0.2) is 4.99 Å². The van der Waals surface area contributed by atoms with Gasteiger partial charge < -0.3 is 14.8 Å². The Morgan fingerprint density at radius 2 is 2.00 bits per heavy atom. The average molecular weight is 364 g/mol. The van der Waals surface area contributed by atoms with E-state index in [1.54, 1.807) is 30.4 Å². The average Bonchev–Trinajstić information content (AvgIpc) is 2.66. The predicted molar refractivity (Wildman–Crippen MR) is 101 cm³/mol. The molecule has 0 saturated carbocycles. The Labute approximate surface area is 157 Å². The number of ether oxygens (including phenoxy) is 2. The third-order valence-electron chi connectivity index (χ3n) is 4.71. The van der Waals surface area contributed by atoms with Gasteiger partial charge in [0.25, 0.3) is 5.91 Å². The first-order chi connectivity index (χ1) is 13.0. The number of rotatable bonds is 2. The molecule has 1 aliphatic carbocycles. The number of nitrogens with one attached hydrogen (secondary N) is 1. The van der Waals surface area contributed by atoms with Crippen molar-refractivity contribution in [3.05, 3.63) is 59.8 Å². The first-order valence-electron chi connectivity index (χ1n) is 8.94. The molecule has 2 atom stereocenters. The third kappa shape index (κ3) is 3.43. The van der Waals surface area contributed by atoms with Gasteiger partial charge in [0.1, 0.15) is 6.61 Å². The number of carbonyl (C=O) groups is 2. The molecule has 2 heterocycles. The van der Waals surface area contributed by atoms with Gasteiger partial charge in [-0.2, -0.15) is 0 Å². The Morgan fingerprint density at radius 1 is 1.22 bits per heavy atom. The van der Waals surface area contributed by atoms with Crippen LogP contribution in [0.25, 0.3) is 0 Å². The molecule has 138 valence electrons. The van der Waals surface area contributed by atoms with E-state index in [2.05, 4.69) is 24.2 Å². The highest BCUT2D eigenvalue weighted by atomic mass is 16.6. The van der Waals surface area contributed by atoms with Crippen molar-refractivity contribution < 1.29 is 19.1 Å². The van der Waals surface area contributed by atoms with Crippen molar-refractivity contribution in [1.82, 2.24) is 5.32 Å². The minimum Gasteiger partial charge on any atom is -0.485 e. The zero-order chi connectivity index (χ0) is 19.0. The molecule has 6 heteroatoms. The van der Waals surface area contributed by atoms with E-state index in [1.165, 1.54) is 0 Å². The van der Waals surface area contributed by atoms with Crippen molar-refractivity contribution in [3.8, 4) is 11.5 Å². The summed E-state index contributed by atoms with van der Waals surface area (Å²) in [4.78, 5) is 28.6. The van der Waals surface area contributed by atoms with Crippen LogP contribution < -0.4 is 14.8 Å². The highest BCUT2D eigenvalue weighted by molar-refractivity contribution is 6.12. The van der Waals surface area contributed by atoms with Gasteiger partial charge in [0.2, 0.25) is 12.0 Å². The molecule has 27 heavy (non-hydrogen) atoms. The molecule has 0 fully saturated rings. The molecule has 2 unspecified atom stereocenters. The largest absolute Gasteiger partial charge is 0.485 e. The number of nitrogens with zero attached hydrogens (tertiary/aromatic N) is 1. The van der Waals surface area contributed by atoms with Gasteiger partial charge in [0.15, 0.2) is 11.5 Å². The van der Waals surface area contributed by atoms with Crippen LogP contribution in [0, 0.1) is 11.8 Å². The van der Waals surface area contributed by atoms with E-state index in [0.29, 0.717) is 17.2 Å². The summed E-state index contributed by atoms with van der Waals surface area (Å²) in [6, 6.07) is 7.22. The minimum absolute atomic E-state index is 0.0119. The maximum absolute atomic E-state index is 12.5. The van der Waals surface area contributed by atoms with Crippen molar-refractivity contribution in [2.24, 2.45) is 16.8 Å². The number of hydrogen-bond acceptors (Lipinski definition) is 4. The van der Waals surface area contributed by atoms with E-state index in [0.717, 1.165) is 11.3 Å². The third-order valence-corrected chi connectivity index (χ3v) is 4.71. The minimum atomic E-state index is -0.788. The van der Waals surface area contributed by atoms with Crippen LogP contribution >= 0.6 is 0 Å². The Bertz CT molecular complexity index is 924. The molecule has 2 aliphatic heterocycles. The fourth-order valence-electron chi connectivity index (χ4n) is 3.36. The van der Waals surface area contributed by atoms with Crippen molar-refractivity contribution in [2.45, 2.75) is 20.0 Å². The normalized spacial score (nSPS) is 24.9. The molecule has 0 radical (unpaired) electrons. The lowest BCUT2D eigenvalue weighted by Crippen LogP contribution is -2.36. The zero-order valence-electron chi connectivity index (χ0n) is 15.1. The second-order valence-electron chi connectivity index (χ2n) is 6.96. The maximum Gasteiger partial charge on any atom is 0.290 e.